The van der Waals surface area contributed by atoms with Gasteiger partial charge in [0.2, 0.25) is 5.72 Å². The molecule has 0 radical (unpaired) electrons. The normalized spacial score (nSPS) is 15.1. The van der Waals surface area contributed by atoms with E-state index in [4.69, 9.17) is 10.5 Å². The van der Waals surface area contributed by atoms with Crippen LogP contribution in [-0.2, 0) is 19.1 Å². The summed E-state index contributed by atoms with van der Waals surface area (Å²) in [7, 11) is 1.21. The zero-order valence-electron chi connectivity index (χ0n) is 10.1. The zero-order valence-corrected chi connectivity index (χ0v) is 10.1. The van der Waals surface area contributed by atoms with E-state index in [1.165, 1.54) is 7.11 Å². The standard InChI is InChI=1S/C10H19NO5/c1-9(2,3)16-8(13)10(11,14)6-5-7(12)15-4/h14H,5-6,11H2,1-4H3. The molecule has 16 heavy (non-hydrogen) atoms. The fourth-order valence-corrected chi connectivity index (χ4v) is 0.863. The fraction of sp³-hybridized carbons (Fsp3) is 0.800. The van der Waals surface area contributed by atoms with Gasteiger partial charge in [0.1, 0.15) is 5.60 Å². The largest absolute Gasteiger partial charge is 0.469 e. The average Bonchev–Trinajstić information content (AvgIpc) is 2.11. The monoisotopic (exact) mass is 233 g/mol. The van der Waals surface area contributed by atoms with Crippen LogP contribution in [-0.4, -0.2) is 35.5 Å². The first-order valence-electron chi connectivity index (χ1n) is 4.90. The number of hydrogen-bond donors (Lipinski definition) is 2. The molecule has 0 bridgehead atoms. The van der Waals surface area contributed by atoms with Crippen molar-refractivity contribution in [2.75, 3.05) is 7.11 Å². The summed E-state index contributed by atoms with van der Waals surface area (Å²) in [5, 5.41) is 9.59. The van der Waals surface area contributed by atoms with Crippen molar-refractivity contribution in [3.05, 3.63) is 0 Å². The fourth-order valence-electron chi connectivity index (χ4n) is 0.863. The minimum atomic E-state index is -2.17. The second-order valence-electron chi connectivity index (χ2n) is 4.50. The SMILES string of the molecule is COC(=O)CCC(N)(O)C(=O)OC(C)(C)C. The Labute approximate surface area is 94.7 Å². The Bertz CT molecular complexity index is 267. The molecule has 1 unspecified atom stereocenters. The molecule has 0 aromatic carbocycles. The molecule has 0 aromatic rings. The molecule has 0 saturated carbocycles. The maximum atomic E-state index is 11.4. The van der Waals surface area contributed by atoms with E-state index in [2.05, 4.69) is 4.74 Å². The van der Waals surface area contributed by atoms with Gasteiger partial charge in [-0.25, -0.2) is 4.79 Å². The van der Waals surface area contributed by atoms with Crippen LogP contribution in [0, 0.1) is 0 Å². The van der Waals surface area contributed by atoms with E-state index in [1.807, 2.05) is 0 Å². The number of nitrogens with two attached hydrogens (primary N) is 1. The molecule has 0 aromatic heterocycles. The van der Waals surface area contributed by atoms with E-state index in [9.17, 15) is 14.7 Å². The number of ether oxygens (including phenoxy) is 2. The highest BCUT2D eigenvalue weighted by atomic mass is 16.6. The Morgan fingerprint density at radius 3 is 2.19 bits per heavy atom. The maximum Gasteiger partial charge on any atom is 0.353 e. The molecule has 6 nitrogen and oxygen atoms in total. The summed E-state index contributed by atoms with van der Waals surface area (Å²) < 4.78 is 9.27. The third kappa shape index (κ3) is 5.67. The van der Waals surface area contributed by atoms with Crippen molar-refractivity contribution in [2.24, 2.45) is 5.73 Å². The average molecular weight is 233 g/mol. The number of rotatable bonds is 4. The third-order valence-corrected chi connectivity index (χ3v) is 1.69. The quantitative estimate of drug-likeness (QED) is 0.521. The van der Waals surface area contributed by atoms with Gasteiger partial charge in [-0.05, 0) is 20.8 Å². The number of hydrogen-bond acceptors (Lipinski definition) is 6. The van der Waals surface area contributed by atoms with Gasteiger partial charge in [0.25, 0.3) is 0 Å². The lowest BCUT2D eigenvalue weighted by Gasteiger charge is -2.26. The third-order valence-electron chi connectivity index (χ3n) is 1.69. The molecule has 0 amide bonds. The van der Waals surface area contributed by atoms with Crippen LogP contribution < -0.4 is 5.73 Å². The smallest absolute Gasteiger partial charge is 0.353 e. The molecule has 0 aliphatic rings. The Morgan fingerprint density at radius 2 is 1.81 bits per heavy atom. The van der Waals surface area contributed by atoms with Crippen LogP contribution in [0.4, 0.5) is 0 Å². The predicted molar refractivity (Wildman–Crippen MR) is 56.2 cm³/mol. The predicted octanol–water partition coefficient (Wildman–Crippen LogP) is -0.0714. The lowest BCUT2D eigenvalue weighted by atomic mass is 10.1. The molecule has 0 fully saturated rings. The van der Waals surface area contributed by atoms with Crippen LogP contribution in [0.1, 0.15) is 33.6 Å². The van der Waals surface area contributed by atoms with Gasteiger partial charge in [0, 0.05) is 6.42 Å². The van der Waals surface area contributed by atoms with Gasteiger partial charge in [0.15, 0.2) is 0 Å². The highest BCUT2D eigenvalue weighted by Crippen LogP contribution is 2.15. The zero-order chi connectivity index (χ0) is 13.0. The lowest BCUT2D eigenvalue weighted by molar-refractivity contribution is -0.178. The first kappa shape index (κ1) is 14.9. The van der Waals surface area contributed by atoms with Crippen molar-refractivity contribution >= 4 is 11.9 Å². The summed E-state index contributed by atoms with van der Waals surface area (Å²) in [6.45, 7) is 4.96. The van der Waals surface area contributed by atoms with Crippen molar-refractivity contribution in [3.63, 3.8) is 0 Å². The first-order valence-corrected chi connectivity index (χ1v) is 4.90. The van der Waals surface area contributed by atoms with E-state index in [1.54, 1.807) is 20.8 Å². The van der Waals surface area contributed by atoms with Crippen LogP contribution in [0.3, 0.4) is 0 Å². The molecule has 0 aliphatic carbocycles. The van der Waals surface area contributed by atoms with E-state index >= 15 is 0 Å². The molecule has 0 spiro atoms. The van der Waals surface area contributed by atoms with Gasteiger partial charge in [-0.2, -0.15) is 0 Å². The molecule has 0 saturated heterocycles. The van der Waals surface area contributed by atoms with Crippen LogP contribution in [0.15, 0.2) is 0 Å². The summed E-state index contributed by atoms with van der Waals surface area (Å²) in [5.74, 6) is -1.50. The second kappa shape index (κ2) is 5.27. The summed E-state index contributed by atoms with van der Waals surface area (Å²) >= 11 is 0. The molecule has 3 N–H and O–H groups in total. The minimum absolute atomic E-state index is 0.150. The molecule has 0 aliphatic heterocycles. The summed E-state index contributed by atoms with van der Waals surface area (Å²) in [6, 6.07) is 0. The molecule has 0 heterocycles. The highest BCUT2D eigenvalue weighted by Gasteiger charge is 2.36. The molecule has 1 atom stereocenters. The summed E-state index contributed by atoms with van der Waals surface area (Å²) in [6.07, 6.45) is -0.392. The summed E-state index contributed by atoms with van der Waals surface area (Å²) in [4.78, 5) is 22.3. The van der Waals surface area contributed by atoms with Crippen molar-refractivity contribution in [1.29, 1.82) is 0 Å². The number of carbonyl (C=O) groups is 2. The Morgan fingerprint density at radius 1 is 1.31 bits per heavy atom. The number of esters is 2. The van der Waals surface area contributed by atoms with E-state index in [0.717, 1.165) is 0 Å². The van der Waals surface area contributed by atoms with Crippen LogP contribution in [0.25, 0.3) is 0 Å². The van der Waals surface area contributed by atoms with Gasteiger partial charge in [-0.15, -0.1) is 0 Å². The Hall–Kier alpha value is -1.14. The number of carbonyl (C=O) groups excluding carboxylic acids is 2. The highest BCUT2D eigenvalue weighted by molar-refractivity contribution is 5.80. The van der Waals surface area contributed by atoms with Gasteiger partial charge in [0.05, 0.1) is 13.5 Å². The maximum absolute atomic E-state index is 11.4. The van der Waals surface area contributed by atoms with E-state index < -0.39 is 23.3 Å². The van der Waals surface area contributed by atoms with E-state index in [0.29, 0.717) is 0 Å². The molecular formula is C10H19NO5. The topological polar surface area (TPSA) is 98.9 Å². The second-order valence-corrected chi connectivity index (χ2v) is 4.50. The van der Waals surface area contributed by atoms with Gasteiger partial charge in [-0.1, -0.05) is 0 Å². The van der Waals surface area contributed by atoms with Crippen molar-refractivity contribution in [2.45, 2.75) is 44.9 Å². The number of aliphatic hydroxyl groups is 1. The van der Waals surface area contributed by atoms with Gasteiger partial charge >= 0.3 is 11.9 Å². The van der Waals surface area contributed by atoms with Crippen molar-refractivity contribution in [1.82, 2.24) is 0 Å². The molecule has 94 valence electrons. The van der Waals surface area contributed by atoms with Crippen LogP contribution in [0.5, 0.6) is 0 Å². The van der Waals surface area contributed by atoms with Gasteiger partial charge in [-0.3, -0.25) is 10.5 Å². The van der Waals surface area contributed by atoms with Crippen molar-refractivity contribution in [3.8, 4) is 0 Å². The Balaban J connectivity index is 4.32. The van der Waals surface area contributed by atoms with Crippen molar-refractivity contribution < 1.29 is 24.2 Å². The lowest BCUT2D eigenvalue weighted by Crippen LogP contribution is -2.51. The minimum Gasteiger partial charge on any atom is -0.469 e. The van der Waals surface area contributed by atoms with Crippen LogP contribution >= 0.6 is 0 Å². The van der Waals surface area contributed by atoms with Crippen LogP contribution in [0.2, 0.25) is 0 Å². The Kier molecular flexibility index (Phi) is 4.89. The molecule has 6 heteroatoms. The first-order chi connectivity index (χ1) is 7.08. The van der Waals surface area contributed by atoms with E-state index in [-0.39, 0.29) is 12.8 Å². The van der Waals surface area contributed by atoms with Gasteiger partial charge < -0.3 is 14.6 Å². The summed E-state index contributed by atoms with van der Waals surface area (Å²) in [5.41, 5.74) is 2.44. The molecule has 0 rings (SSSR count). The number of methoxy groups -OCH3 is 1. The molecular weight excluding hydrogens is 214 g/mol.